The van der Waals surface area contributed by atoms with Crippen LogP contribution in [0.15, 0.2) is 76.7 Å². The number of benzene rings is 3. The first-order chi connectivity index (χ1) is 18.4. The SMILES string of the molecule is Cc1ccc(S(=O)(=O)N[C@@H](C(=O)N/N=C\c2ccc(OCC(=O)Nc3cc(Cl)ccc3Cl)cc2)C(C)C)cc1. The van der Waals surface area contributed by atoms with E-state index in [4.69, 9.17) is 27.9 Å². The quantitative estimate of drug-likeness (QED) is 0.219. The summed E-state index contributed by atoms with van der Waals surface area (Å²) in [6.07, 6.45) is 1.40. The molecule has 0 radical (unpaired) electrons. The second-order valence-corrected chi connectivity index (χ2v) is 11.5. The molecule has 0 unspecified atom stereocenters. The van der Waals surface area contributed by atoms with Crippen LogP contribution in [0.4, 0.5) is 5.69 Å². The number of sulfonamides is 1. The summed E-state index contributed by atoms with van der Waals surface area (Å²) in [5.41, 5.74) is 4.32. The van der Waals surface area contributed by atoms with E-state index >= 15 is 0 Å². The summed E-state index contributed by atoms with van der Waals surface area (Å²) in [4.78, 5) is 24.9. The maximum absolute atomic E-state index is 12.7. The summed E-state index contributed by atoms with van der Waals surface area (Å²) < 4.78 is 33.4. The molecule has 0 aromatic heterocycles. The highest BCUT2D eigenvalue weighted by Crippen LogP contribution is 2.25. The fraction of sp³-hybridized carbons (Fsp3) is 0.222. The molecule has 3 aromatic rings. The molecule has 0 saturated carbocycles. The summed E-state index contributed by atoms with van der Waals surface area (Å²) in [6, 6.07) is 16.7. The zero-order valence-electron chi connectivity index (χ0n) is 21.4. The Morgan fingerprint density at radius 1 is 1.00 bits per heavy atom. The third-order valence-corrected chi connectivity index (χ3v) is 7.43. The molecule has 3 N–H and O–H groups in total. The zero-order chi connectivity index (χ0) is 28.6. The van der Waals surface area contributed by atoms with Crippen molar-refractivity contribution in [3.05, 3.63) is 87.9 Å². The first-order valence-corrected chi connectivity index (χ1v) is 14.1. The van der Waals surface area contributed by atoms with Crippen LogP contribution in [0.25, 0.3) is 0 Å². The van der Waals surface area contributed by atoms with Crippen molar-refractivity contribution in [3.8, 4) is 5.75 Å². The lowest BCUT2D eigenvalue weighted by Crippen LogP contribution is -2.48. The third-order valence-electron chi connectivity index (χ3n) is 5.40. The van der Waals surface area contributed by atoms with Gasteiger partial charge in [0.25, 0.3) is 11.8 Å². The smallest absolute Gasteiger partial charge is 0.262 e. The molecule has 1 atom stereocenters. The fourth-order valence-electron chi connectivity index (χ4n) is 3.26. The highest BCUT2D eigenvalue weighted by Gasteiger charge is 2.28. The van der Waals surface area contributed by atoms with Crippen LogP contribution in [0.2, 0.25) is 10.0 Å². The van der Waals surface area contributed by atoms with E-state index in [0.29, 0.717) is 27.0 Å². The third kappa shape index (κ3) is 9.07. The topological polar surface area (TPSA) is 126 Å². The minimum Gasteiger partial charge on any atom is -0.484 e. The Hall–Kier alpha value is -3.44. The Labute approximate surface area is 237 Å². The molecule has 0 saturated heterocycles. The molecule has 0 spiro atoms. The van der Waals surface area contributed by atoms with Crippen molar-refractivity contribution in [1.29, 1.82) is 0 Å². The Bertz CT molecular complexity index is 1440. The van der Waals surface area contributed by atoms with Gasteiger partial charge in [-0.3, -0.25) is 9.59 Å². The number of nitrogens with one attached hydrogen (secondary N) is 3. The summed E-state index contributed by atoms with van der Waals surface area (Å²) in [7, 11) is -3.90. The minimum absolute atomic E-state index is 0.0723. The van der Waals surface area contributed by atoms with E-state index in [2.05, 4.69) is 20.6 Å². The number of hydrogen-bond acceptors (Lipinski definition) is 6. The second kappa shape index (κ2) is 13.6. The summed E-state index contributed by atoms with van der Waals surface area (Å²) in [6.45, 7) is 5.07. The van der Waals surface area contributed by atoms with E-state index in [1.807, 2.05) is 6.92 Å². The van der Waals surface area contributed by atoms with Gasteiger partial charge < -0.3 is 10.1 Å². The van der Waals surface area contributed by atoms with Crippen LogP contribution in [0.1, 0.15) is 25.0 Å². The molecule has 206 valence electrons. The highest BCUT2D eigenvalue weighted by molar-refractivity contribution is 7.89. The van der Waals surface area contributed by atoms with Crippen molar-refractivity contribution in [2.45, 2.75) is 31.7 Å². The molecule has 0 fully saturated rings. The van der Waals surface area contributed by atoms with E-state index in [-0.39, 0.29) is 17.4 Å². The van der Waals surface area contributed by atoms with Crippen molar-refractivity contribution in [2.24, 2.45) is 11.0 Å². The molecular weight excluding hydrogens is 563 g/mol. The normalized spacial score (nSPS) is 12.4. The predicted octanol–water partition coefficient (Wildman–Crippen LogP) is 4.77. The first kappa shape index (κ1) is 30.1. The maximum atomic E-state index is 12.7. The lowest BCUT2D eigenvalue weighted by Gasteiger charge is -2.20. The van der Waals surface area contributed by atoms with Gasteiger partial charge in [-0.1, -0.05) is 54.7 Å². The number of halogens is 2. The average Bonchev–Trinajstić information content (AvgIpc) is 2.89. The molecule has 39 heavy (non-hydrogen) atoms. The largest absolute Gasteiger partial charge is 0.484 e. The van der Waals surface area contributed by atoms with Crippen molar-refractivity contribution in [2.75, 3.05) is 11.9 Å². The van der Waals surface area contributed by atoms with Gasteiger partial charge in [0.05, 0.1) is 21.8 Å². The number of amides is 2. The molecule has 0 aliphatic carbocycles. The van der Waals surface area contributed by atoms with Crippen LogP contribution in [0.3, 0.4) is 0 Å². The number of aryl methyl sites for hydroxylation is 1. The van der Waals surface area contributed by atoms with Gasteiger partial charge in [-0.25, -0.2) is 13.8 Å². The molecule has 2 amide bonds. The van der Waals surface area contributed by atoms with Gasteiger partial charge in [-0.05, 0) is 73.0 Å². The molecule has 3 rings (SSSR count). The summed E-state index contributed by atoms with van der Waals surface area (Å²) in [5, 5.41) is 7.36. The van der Waals surface area contributed by atoms with E-state index in [1.165, 1.54) is 24.4 Å². The van der Waals surface area contributed by atoms with Crippen molar-refractivity contribution in [1.82, 2.24) is 10.1 Å². The van der Waals surface area contributed by atoms with E-state index in [0.717, 1.165) is 5.56 Å². The van der Waals surface area contributed by atoms with Crippen molar-refractivity contribution in [3.63, 3.8) is 0 Å². The second-order valence-electron chi connectivity index (χ2n) is 8.92. The molecule has 0 aliphatic heterocycles. The Kier molecular flexibility index (Phi) is 10.5. The Morgan fingerprint density at radius 3 is 2.31 bits per heavy atom. The zero-order valence-corrected chi connectivity index (χ0v) is 23.8. The lowest BCUT2D eigenvalue weighted by atomic mass is 10.1. The molecule has 0 aliphatic rings. The van der Waals surface area contributed by atoms with Crippen LogP contribution >= 0.6 is 23.2 Å². The average molecular weight is 592 g/mol. The van der Waals surface area contributed by atoms with Crippen LogP contribution in [0.5, 0.6) is 5.75 Å². The summed E-state index contributed by atoms with van der Waals surface area (Å²) in [5.74, 6) is -0.897. The lowest BCUT2D eigenvalue weighted by molar-refractivity contribution is -0.123. The van der Waals surface area contributed by atoms with E-state index < -0.39 is 27.9 Å². The molecule has 3 aromatic carbocycles. The van der Waals surface area contributed by atoms with E-state index in [1.54, 1.807) is 62.4 Å². The fourth-order valence-corrected chi connectivity index (χ4v) is 4.94. The van der Waals surface area contributed by atoms with Gasteiger partial charge in [0, 0.05) is 5.02 Å². The van der Waals surface area contributed by atoms with Gasteiger partial charge >= 0.3 is 0 Å². The maximum Gasteiger partial charge on any atom is 0.262 e. The number of nitrogens with zero attached hydrogens (tertiary/aromatic N) is 1. The van der Waals surface area contributed by atoms with Crippen LogP contribution in [0, 0.1) is 12.8 Å². The van der Waals surface area contributed by atoms with E-state index in [9.17, 15) is 18.0 Å². The van der Waals surface area contributed by atoms with Crippen molar-refractivity contribution < 1.29 is 22.7 Å². The molecule has 12 heteroatoms. The minimum atomic E-state index is -3.90. The Balaban J connectivity index is 1.52. The number of hydrogen-bond donors (Lipinski definition) is 3. The predicted molar refractivity (Wildman–Crippen MR) is 153 cm³/mol. The first-order valence-electron chi connectivity index (χ1n) is 11.8. The van der Waals surface area contributed by atoms with Gasteiger partial charge in [0.2, 0.25) is 10.0 Å². The van der Waals surface area contributed by atoms with Crippen LogP contribution < -0.4 is 20.2 Å². The highest BCUT2D eigenvalue weighted by atomic mass is 35.5. The molecule has 0 bridgehead atoms. The number of ether oxygens (including phenoxy) is 1. The molecule has 0 heterocycles. The number of anilines is 1. The number of carbonyl (C=O) groups excluding carboxylic acids is 2. The number of hydrazone groups is 1. The van der Waals surface area contributed by atoms with Gasteiger partial charge in [0.15, 0.2) is 6.61 Å². The monoisotopic (exact) mass is 590 g/mol. The number of carbonyl (C=O) groups is 2. The molecular formula is C27H28Cl2N4O5S. The van der Waals surface area contributed by atoms with Gasteiger partial charge in [-0.2, -0.15) is 9.82 Å². The van der Waals surface area contributed by atoms with Crippen molar-refractivity contribution >= 4 is 56.9 Å². The Morgan fingerprint density at radius 2 is 1.67 bits per heavy atom. The molecule has 9 nitrogen and oxygen atoms in total. The van der Waals surface area contributed by atoms with Gasteiger partial charge in [0.1, 0.15) is 11.8 Å². The van der Waals surface area contributed by atoms with Crippen LogP contribution in [-0.4, -0.2) is 39.1 Å². The summed E-state index contributed by atoms with van der Waals surface area (Å²) >= 11 is 12.0. The standard InChI is InChI=1S/C27H28Cl2N4O5S/c1-17(2)26(33-39(36,37)22-11-4-18(3)5-12-22)27(35)32-30-15-19-6-9-21(10-7-19)38-16-25(34)31-24-14-20(28)8-13-23(24)29/h4-15,17,26,33H,16H2,1-3H3,(H,31,34)(H,32,35)/b30-15-/t26-/m1/s1. The van der Waals surface area contributed by atoms with Gasteiger partial charge in [-0.15, -0.1) is 0 Å². The van der Waals surface area contributed by atoms with Crippen LogP contribution in [-0.2, 0) is 19.6 Å². The number of rotatable bonds is 11.